The summed E-state index contributed by atoms with van der Waals surface area (Å²) in [5.41, 5.74) is 1.19. The van der Waals surface area contributed by atoms with Crippen LogP contribution in [0.4, 0.5) is 0 Å². The molecule has 0 aliphatic heterocycles. The average Bonchev–Trinajstić information content (AvgIpc) is 2.82. The molecule has 0 amide bonds. The molecule has 1 heterocycles. The molecular weight excluding hydrogens is 276 g/mol. The maximum absolute atomic E-state index is 12.7. The monoisotopic (exact) mass is 292 g/mol. The first-order chi connectivity index (χ1) is 9.56. The lowest BCUT2D eigenvalue weighted by molar-refractivity contribution is 0.0592. The molecule has 0 spiro atoms. The quantitative estimate of drug-likeness (QED) is 0.790. The highest BCUT2D eigenvalue weighted by Gasteiger charge is 2.28. The van der Waals surface area contributed by atoms with Crippen molar-refractivity contribution >= 4 is 17.4 Å². The van der Waals surface area contributed by atoms with Gasteiger partial charge in [-0.15, -0.1) is 0 Å². The number of benzene rings is 1. The summed E-state index contributed by atoms with van der Waals surface area (Å²) in [5, 5.41) is 4.50. The number of nitrogens with zero attached hydrogens (tertiary/aromatic N) is 2. The summed E-state index contributed by atoms with van der Waals surface area (Å²) in [6.45, 7) is 3.90. The van der Waals surface area contributed by atoms with Crippen molar-refractivity contribution in [2.24, 2.45) is 0 Å². The Balaban J connectivity index is 2.42. The fourth-order valence-electron chi connectivity index (χ4n) is 2.11. The lowest BCUT2D eigenvalue weighted by Gasteiger charge is -2.17. The predicted molar refractivity (Wildman–Crippen MR) is 78.1 cm³/mol. The number of hydrogen-bond donors (Lipinski definition) is 0. The van der Waals surface area contributed by atoms with Crippen LogP contribution in [0.3, 0.4) is 0 Å². The molecule has 20 heavy (non-hydrogen) atoms. The first-order valence-corrected chi connectivity index (χ1v) is 6.79. The summed E-state index contributed by atoms with van der Waals surface area (Å²) in [6.07, 6.45) is 0.815. The summed E-state index contributed by atoms with van der Waals surface area (Å²) in [6, 6.07) is 9.40. The Labute approximate surface area is 123 Å². The third-order valence-corrected chi connectivity index (χ3v) is 3.33. The molecular formula is C15H17ClN2O2. The van der Waals surface area contributed by atoms with E-state index in [1.807, 2.05) is 44.2 Å². The van der Waals surface area contributed by atoms with E-state index >= 15 is 0 Å². The largest absolute Gasteiger partial charge is 0.368 e. The number of Topliss-reactive ketones (excluding diaryl/α,β-unsaturated/α-hetero) is 1. The average molecular weight is 293 g/mol. The van der Waals surface area contributed by atoms with Gasteiger partial charge in [-0.25, -0.2) is 0 Å². The molecule has 0 fully saturated rings. The second-order valence-corrected chi connectivity index (χ2v) is 5.18. The highest BCUT2D eigenvalue weighted by Crippen LogP contribution is 2.27. The molecule has 0 aliphatic carbocycles. The van der Waals surface area contributed by atoms with Gasteiger partial charge in [0.1, 0.15) is 11.8 Å². The molecule has 106 valence electrons. The molecule has 0 aliphatic rings. The van der Waals surface area contributed by atoms with Crippen LogP contribution in [0, 0.1) is 0 Å². The van der Waals surface area contributed by atoms with Gasteiger partial charge in [-0.3, -0.25) is 9.48 Å². The standard InChI is InChI=1S/C15H17ClN2O2/c1-10(2)18-13(12(16)9-17-18)14(19)15(20-3)11-7-5-4-6-8-11/h4-10,15H,1-3H3. The minimum Gasteiger partial charge on any atom is -0.368 e. The van der Waals surface area contributed by atoms with Gasteiger partial charge in [0, 0.05) is 13.2 Å². The van der Waals surface area contributed by atoms with Crippen molar-refractivity contribution in [3.63, 3.8) is 0 Å². The van der Waals surface area contributed by atoms with Crippen LogP contribution in [0.25, 0.3) is 0 Å². The van der Waals surface area contributed by atoms with Crippen LogP contribution < -0.4 is 0 Å². The number of aromatic nitrogens is 2. The van der Waals surface area contributed by atoms with Gasteiger partial charge in [0.25, 0.3) is 0 Å². The van der Waals surface area contributed by atoms with E-state index in [1.165, 1.54) is 13.3 Å². The molecule has 2 aromatic rings. The summed E-state index contributed by atoms with van der Waals surface area (Å²) in [5.74, 6) is -0.185. The Hall–Kier alpha value is -1.65. The van der Waals surface area contributed by atoms with Crippen molar-refractivity contribution in [2.75, 3.05) is 7.11 Å². The Bertz CT molecular complexity index is 593. The number of rotatable bonds is 5. The van der Waals surface area contributed by atoms with Crippen LogP contribution in [-0.4, -0.2) is 22.7 Å². The first-order valence-electron chi connectivity index (χ1n) is 6.41. The molecule has 0 N–H and O–H groups in total. The minimum atomic E-state index is -0.678. The van der Waals surface area contributed by atoms with E-state index in [1.54, 1.807) is 4.68 Å². The van der Waals surface area contributed by atoms with Crippen LogP contribution in [-0.2, 0) is 4.74 Å². The Morgan fingerprint density at radius 1 is 1.30 bits per heavy atom. The van der Waals surface area contributed by atoms with Crippen LogP contribution in [0.5, 0.6) is 0 Å². The van der Waals surface area contributed by atoms with Crippen molar-refractivity contribution in [2.45, 2.75) is 26.0 Å². The molecule has 4 nitrogen and oxygen atoms in total. The maximum atomic E-state index is 12.7. The van der Waals surface area contributed by atoms with Crippen LogP contribution in [0.15, 0.2) is 36.5 Å². The van der Waals surface area contributed by atoms with E-state index < -0.39 is 6.10 Å². The lowest BCUT2D eigenvalue weighted by Crippen LogP contribution is -2.20. The van der Waals surface area contributed by atoms with Crippen LogP contribution >= 0.6 is 11.6 Å². The fourth-order valence-corrected chi connectivity index (χ4v) is 2.33. The van der Waals surface area contributed by atoms with E-state index in [0.717, 1.165) is 5.56 Å². The van der Waals surface area contributed by atoms with Gasteiger partial charge in [-0.05, 0) is 19.4 Å². The smallest absolute Gasteiger partial charge is 0.215 e. The van der Waals surface area contributed by atoms with Crippen molar-refractivity contribution in [3.05, 3.63) is 52.8 Å². The molecule has 0 saturated heterocycles. The van der Waals surface area contributed by atoms with Gasteiger partial charge in [0.05, 0.1) is 11.2 Å². The van der Waals surface area contributed by atoms with E-state index in [4.69, 9.17) is 16.3 Å². The Kier molecular flexibility index (Phi) is 4.57. The molecule has 1 atom stereocenters. The number of hydrogen-bond acceptors (Lipinski definition) is 3. The number of carbonyl (C=O) groups excluding carboxylic acids is 1. The maximum Gasteiger partial charge on any atom is 0.215 e. The third kappa shape index (κ3) is 2.76. The van der Waals surface area contributed by atoms with E-state index in [9.17, 15) is 4.79 Å². The highest BCUT2D eigenvalue weighted by atomic mass is 35.5. The predicted octanol–water partition coefficient (Wildman–Crippen LogP) is 3.69. The normalized spacial score (nSPS) is 12.7. The lowest BCUT2D eigenvalue weighted by atomic mass is 10.0. The molecule has 5 heteroatoms. The summed E-state index contributed by atoms with van der Waals surface area (Å²) < 4.78 is 6.99. The molecule has 0 bridgehead atoms. The SMILES string of the molecule is COC(C(=O)c1c(Cl)cnn1C(C)C)c1ccccc1. The summed E-state index contributed by atoms with van der Waals surface area (Å²) in [4.78, 5) is 12.7. The van der Waals surface area contributed by atoms with Crippen molar-refractivity contribution in [1.82, 2.24) is 9.78 Å². The van der Waals surface area contributed by atoms with E-state index in [0.29, 0.717) is 10.7 Å². The van der Waals surface area contributed by atoms with Crippen molar-refractivity contribution < 1.29 is 9.53 Å². The molecule has 2 rings (SSSR count). The van der Waals surface area contributed by atoms with E-state index in [-0.39, 0.29) is 11.8 Å². The second kappa shape index (κ2) is 6.20. The van der Waals surface area contributed by atoms with Gasteiger partial charge in [-0.2, -0.15) is 5.10 Å². The first kappa shape index (κ1) is 14.8. The van der Waals surface area contributed by atoms with Gasteiger partial charge in [-0.1, -0.05) is 41.9 Å². The van der Waals surface area contributed by atoms with Gasteiger partial charge >= 0.3 is 0 Å². The minimum absolute atomic E-state index is 0.0507. The Morgan fingerprint density at radius 3 is 2.50 bits per heavy atom. The van der Waals surface area contributed by atoms with Gasteiger partial charge < -0.3 is 4.74 Å². The highest BCUT2D eigenvalue weighted by molar-refractivity contribution is 6.33. The molecule has 1 aromatic carbocycles. The van der Waals surface area contributed by atoms with Crippen LogP contribution in [0.1, 0.15) is 42.0 Å². The van der Waals surface area contributed by atoms with E-state index in [2.05, 4.69) is 5.10 Å². The number of ether oxygens (including phenoxy) is 1. The number of carbonyl (C=O) groups is 1. The molecule has 1 aromatic heterocycles. The number of methoxy groups -OCH3 is 1. The zero-order chi connectivity index (χ0) is 14.7. The number of halogens is 1. The van der Waals surface area contributed by atoms with Crippen molar-refractivity contribution in [3.8, 4) is 0 Å². The third-order valence-electron chi connectivity index (χ3n) is 3.05. The molecule has 0 radical (unpaired) electrons. The zero-order valence-corrected chi connectivity index (χ0v) is 12.5. The topological polar surface area (TPSA) is 44.1 Å². The van der Waals surface area contributed by atoms with Crippen LogP contribution in [0.2, 0.25) is 5.02 Å². The summed E-state index contributed by atoms with van der Waals surface area (Å²) in [7, 11) is 1.51. The van der Waals surface area contributed by atoms with Crippen molar-refractivity contribution in [1.29, 1.82) is 0 Å². The van der Waals surface area contributed by atoms with Gasteiger partial charge in [0.15, 0.2) is 0 Å². The fraction of sp³-hybridized carbons (Fsp3) is 0.333. The van der Waals surface area contributed by atoms with Gasteiger partial charge in [0.2, 0.25) is 5.78 Å². The molecule has 1 unspecified atom stereocenters. The second-order valence-electron chi connectivity index (χ2n) is 4.77. The number of ketones is 1. The zero-order valence-electron chi connectivity index (χ0n) is 11.7. The summed E-state index contributed by atoms with van der Waals surface area (Å²) >= 11 is 6.11. The Morgan fingerprint density at radius 2 is 1.95 bits per heavy atom. The molecule has 0 saturated carbocycles.